The Kier molecular flexibility index (Phi) is 4.20. The quantitative estimate of drug-likeness (QED) is 0.597. The summed E-state index contributed by atoms with van der Waals surface area (Å²) >= 11 is 2.34. The zero-order valence-electron chi connectivity index (χ0n) is 9.95. The molecule has 0 N–H and O–H groups in total. The highest BCUT2D eigenvalue weighted by atomic mass is 127. The maximum Gasteiger partial charge on any atom is 0.231 e. The number of para-hydroxylation sites is 1. The topological polar surface area (TPSA) is 22.0 Å². The summed E-state index contributed by atoms with van der Waals surface area (Å²) in [6, 6.07) is 8.13. The first-order valence-electron chi connectivity index (χ1n) is 5.96. The Labute approximate surface area is 115 Å². The summed E-state index contributed by atoms with van der Waals surface area (Å²) < 4.78 is 2.76. The van der Waals surface area contributed by atoms with E-state index in [1.807, 2.05) is 29.0 Å². The van der Waals surface area contributed by atoms with Gasteiger partial charge in [0.2, 0.25) is 5.91 Å². The molecule has 0 radical (unpaired) electrons. The van der Waals surface area contributed by atoms with Crippen LogP contribution in [0.5, 0.6) is 0 Å². The molecule has 90 valence electrons. The average molecular weight is 341 g/mol. The lowest BCUT2D eigenvalue weighted by Crippen LogP contribution is -2.08. The first kappa shape index (κ1) is 12.6. The molecule has 0 fully saturated rings. The van der Waals surface area contributed by atoms with Crippen molar-refractivity contribution in [2.75, 3.05) is 0 Å². The van der Waals surface area contributed by atoms with E-state index < -0.39 is 0 Å². The molecule has 0 amide bonds. The number of fused-ring (bicyclic) bond motifs is 1. The fraction of sp³-hybridized carbons (Fsp3) is 0.357. The van der Waals surface area contributed by atoms with Crippen LogP contribution in [0.3, 0.4) is 0 Å². The maximum atomic E-state index is 12.1. The molecule has 0 aliphatic carbocycles. The zero-order valence-corrected chi connectivity index (χ0v) is 12.1. The van der Waals surface area contributed by atoms with Crippen molar-refractivity contribution >= 4 is 39.4 Å². The number of hydrogen-bond acceptors (Lipinski definition) is 1. The first-order valence-corrected chi connectivity index (χ1v) is 7.48. The SMILES string of the molecule is CCCCC(=O)n1cc(CI)c2ccccc21. The third-order valence-electron chi connectivity index (χ3n) is 2.95. The molecule has 1 heterocycles. The molecule has 1 aromatic heterocycles. The molecule has 0 spiro atoms. The van der Waals surface area contributed by atoms with E-state index in [1.54, 1.807) is 0 Å². The molecule has 17 heavy (non-hydrogen) atoms. The first-order chi connectivity index (χ1) is 8.27. The Morgan fingerprint density at radius 1 is 1.35 bits per heavy atom. The lowest BCUT2D eigenvalue weighted by molar-refractivity contribution is 0.0905. The van der Waals surface area contributed by atoms with Crippen LogP contribution in [0.15, 0.2) is 30.5 Å². The summed E-state index contributed by atoms with van der Waals surface area (Å²) in [6.45, 7) is 2.11. The fourth-order valence-corrected chi connectivity index (χ4v) is 2.62. The number of rotatable bonds is 4. The number of alkyl halides is 1. The monoisotopic (exact) mass is 341 g/mol. The standard InChI is InChI=1S/C14H16INO/c1-2-3-8-14(17)16-10-11(9-15)12-6-4-5-7-13(12)16/h4-7,10H,2-3,8-9H2,1H3. The van der Waals surface area contributed by atoms with Gasteiger partial charge in [0, 0.05) is 22.4 Å². The number of carbonyl (C=O) groups is 1. The van der Waals surface area contributed by atoms with Crippen LogP contribution in [0.25, 0.3) is 10.9 Å². The predicted octanol–water partition coefficient (Wildman–Crippen LogP) is 4.41. The summed E-state index contributed by atoms with van der Waals surface area (Å²) in [4.78, 5) is 12.1. The van der Waals surface area contributed by atoms with Crippen molar-refractivity contribution in [3.05, 3.63) is 36.0 Å². The number of aromatic nitrogens is 1. The lowest BCUT2D eigenvalue weighted by Gasteiger charge is -2.02. The number of halogens is 1. The van der Waals surface area contributed by atoms with E-state index in [4.69, 9.17) is 0 Å². The number of benzene rings is 1. The van der Waals surface area contributed by atoms with E-state index in [1.165, 1.54) is 10.9 Å². The molecule has 1 aromatic carbocycles. The van der Waals surface area contributed by atoms with E-state index >= 15 is 0 Å². The van der Waals surface area contributed by atoms with Crippen LogP contribution in [-0.4, -0.2) is 10.5 Å². The lowest BCUT2D eigenvalue weighted by atomic mass is 10.2. The van der Waals surface area contributed by atoms with E-state index in [9.17, 15) is 4.79 Å². The highest BCUT2D eigenvalue weighted by Gasteiger charge is 2.11. The van der Waals surface area contributed by atoms with Crippen molar-refractivity contribution in [3.63, 3.8) is 0 Å². The summed E-state index contributed by atoms with van der Waals surface area (Å²) in [6.07, 6.45) is 4.65. The van der Waals surface area contributed by atoms with Gasteiger partial charge in [0.1, 0.15) is 0 Å². The molecule has 0 atom stereocenters. The van der Waals surface area contributed by atoms with Crippen LogP contribution in [0.1, 0.15) is 36.5 Å². The minimum Gasteiger partial charge on any atom is -0.287 e. The highest BCUT2D eigenvalue weighted by Crippen LogP contribution is 2.23. The van der Waals surface area contributed by atoms with Crippen molar-refractivity contribution in [3.8, 4) is 0 Å². The Hall–Kier alpha value is -0.840. The Morgan fingerprint density at radius 2 is 2.12 bits per heavy atom. The molecule has 0 aliphatic heterocycles. The molecule has 0 aliphatic rings. The van der Waals surface area contributed by atoms with Gasteiger partial charge >= 0.3 is 0 Å². The molecule has 2 aromatic rings. The molecular weight excluding hydrogens is 325 g/mol. The molecule has 0 saturated heterocycles. The van der Waals surface area contributed by atoms with Crippen LogP contribution in [0, 0.1) is 0 Å². The Balaban J connectivity index is 2.43. The Morgan fingerprint density at radius 3 is 2.82 bits per heavy atom. The number of unbranched alkanes of at least 4 members (excludes halogenated alkanes) is 1. The predicted molar refractivity (Wildman–Crippen MR) is 79.8 cm³/mol. The summed E-state index contributed by atoms with van der Waals surface area (Å²) in [7, 11) is 0. The van der Waals surface area contributed by atoms with E-state index in [0.717, 1.165) is 22.8 Å². The molecule has 0 unspecified atom stereocenters. The third-order valence-corrected chi connectivity index (χ3v) is 3.77. The second-order valence-electron chi connectivity index (χ2n) is 4.17. The molecule has 2 nitrogen and oxygen atoms in total. The fourth-order valence-electron chi connectivity index (χ4n) is 2.01. The maximum absolute atomic E-state index is 12.1. The summed E-state index contributed by atoms with van der Waals surface area (Å²) in [5, 5.41) is 1.20. The van der Waals surface area contributed by atoms with Crippen LogP contribution in [0.2, 0.25) is 0 Å². The van der Waals surface area contributed by atoms with Crippen molar-refractivity contribution in [1.29, 1.82) is 0 Å². The summed E-state index contributed by atoms with van der Waals surface area (Å²) in [5.41, 5.74) is 2.28. The number of hydrogen-bond donors (Lipinski definition) is 0. The van der Waals surface area contributed by atoms with Gasteiger partial charge in [-0.05, 0) is 18.1 Å². The number of nitrogens with zero attached hydrogens (tertiary/aromatic N) is 1. The average Bonchev–Trinajstić information content (AvgIpc) is 2.75. The van der Waals surface area contributed by atoms with Gasteiger partial charge in [-0.1, -0.05) is 54.1 Å². The molecule has 3 heteroatoms. The third kappa shape index (κ3) is 2.54. The van der Waals surface area contributed by atoms with Crippen molar-refractivity contribution in [2.45, 2.75) is 30.6 Å². The second kappa shape index (κ2) is 5.67. The van der Waals surface area contributed by atoms with Crippen molar-refractivity contribution in [1.82, 2.24) is 4.57 Å². The minimum absolute atomic E-state index is 0.208. The van der Waals surface area contributed by atoms with Gasteiger partial charge in [-0.3, -0.25) is 9.36 Å². The van der Waals surface area contributed by atoms with Crippen LogP contribution in [0.4, 0.5) is 0 Å². The normalized spacial score (nSPS) is 10.9. The zero-order chi connectivity index (χ0) is 12.3. The second-order valence-corrected chi connectivity index (χ2v) is 4.94. The highest BCUT2D eigenvalue weighted by molar-refractivity contribution is 14.1. The van der Waals surface area contributed by atoms with Crippen molar-refractivity contribution < 1.29 is 4.79 Å². The van der Waals surface area contributed by atoms with Gasteiger partial charge in [0.05, 0.1) is 5.52 Å². The smallest absolute Gasteiger partial charge is 0.231 e. The van der Waals surface area contributed by atoms with Crippen LogP contribution >= 0.6 is 22.6 Å². The van der Waals surface area contributed by atoms with Gasteiger partial charge in [-0.25, -0.2) is 0 Å². The molecule has 0 saturated carbocycles. The summed E-state index contributed by atoms with van der Waals surface area (Å²) in [5.74, 6) is 0.208. The Bertz CT molecular complexity index is 530. The molecular formula is C14H16INO. The van der Waals surface area contributed by atoms with E-state index in [-0.39, 0.29) is 5.91 Å². The van der Waals surface area contributed by atoms with E-state index in [2.05, 4.69) is 35.6 Å². The van der Waals surface area contributed by atoms with Gasteiger partial charge < -0.3 is 0 Å². The van der Waals surface area contributed by atoms with E-state index in [0.29, 0.717) is 6.42 Å². The largest absolute Gasteiger partial charge is 0.287 e. The minimum atomic E-state index is 0.208. The van der Waals surface area contributed by atoms with Crippen molar-refractivity contribution in [2.24, 2.45) is 0 Å². The van der Waals surface area contributed by atoms with Gasteiger partial charge in [0.25, 0.3) is 0 Å². The van der Waals surface area contributed by atoms with Gasteiger partial charge in [-0.15, -0.1) is 0 Å². The number of carbonyl (C=O) groups excluding carboxylic acids is 1. The van der Waals surface area contributed by atoms with Crippen LogP contribution < -0.4 is 0 Å². The van der Waals surface area contributed by atoms with Gasteiger partial charge in [0.15, 0.2) is 0 Å². The van der Waals surface area contributed by atoms with Crippen LogP contribution in [-0.2, 0) is 4.43 Å². The molecule has 2 rings (SSSR count). The van der Waals surface area contributed by atoms with Gasteiger partial charge in [-0.2, -0.15) is 0 Å². The molecule has 0 bridgehead atoms.